The van der Waals surface area contributed by atoms with Gasteiger partial charge in [0.2, 0.25) is 5.91 Å². The Hall–Kier alpha value is -2.28. The topological polar surface area (TPSA) is 56.8 Å². The summed E-state index contributed by atoms with van der Waals surface area (Å²) in [6.45, 7) is 8.69. The zero-order valence-corrected chi connectivity index (χ0v) is 19.7. The first-order chi connectivity index (χ1) is 15.6. The third kappa shape index (κ3) is 5.20. The van der Waals surface area contributed by atoms with Crippen LogP contribution in [0.15, 0.2) is 42.5 Å². The molecule has 0 bridgehead atoms. The fraction of sp³-hybridized carbons (Fsp3) is 0.480. The normalized spacial score (nSPS) is 21.1. The van der Waals surface area contributed by atoms with Gasteiger partial charge in [0.1, 0.15) is 5.75 Å². The number of hydrazine groups is 1. The predicted octanol–water partition coefficient (Wildman–Crippen LogP) is 3.94. The first-order valence-electron chi connectivity index (χ1n) is 11.6. The van der Waals surface area contributed by atoms with E-state index in [1.807, 2.05) is 29.2 Å². The zero-order valence-electron chi connectivity index (χ0n) is 18.9. The molecule has 0 saturated carbocycles. The summed E-state index contributed by atoms with van der Waals surface area (Å²) in [5.41, 5.74) is 9.96. The van der Waals surface area contributed by atoms with Crippen LogP contribution in [0, 0.1) is 12.8 Å². The van der Waals surface area contributed by atoms with Gasteiger partial charge in [0, 0.05) is 43.4 Å². The third-order valence-corrected chi connectivity index (χ3v) is 6.64. The number of carbonyl (C=O) groups excluding carboxylic acids is 1. The van der Waals surface area contributed by atoms with Crippen LogP contribution >= 0.6 is 11.6 Å². The van der Waals surface area contributed by atoms with Crippen molar-refractivity contribution in [2.45, 2.75) is 32.7 Å². The Balaban J connectivity index is 1.36. The van der Waals surface area contributed by atoms with Crippen LogP contribution in [0.3, 0.4) is 0 Å². The first-order valence-corrected chi connectivity index (χ1v) is 12.0. The van der Waals surface area contributed by atoms with Crippen molar-refractivity contribution in [3.8, 4) is 5.75 Å². The minimum Gasteiger partial charge on any atom is -0.494 e. The number of hydrogen-bond donors (Lipinski definition) is 2. The summed E-state index contributed by atoms with van der Waals surface area (Å²) in [5, 5.41) is 0.747. The molecule has 0 spiro atoms. The quantitative estimate of drug-likeness (QED) is 0.618. The molecule has 2 aromatic rings. The summed E-state index contributed by atoms with van der Waals surface area (Å²) >= 11 is 6.20. The summed E-state index contributed by atoms with van der Waals surface area (Å²) < 4.78 is 5.77. The second-order valence-electron chi connectivity index (χ2n) is 8.62. The maximum atomic E-state index is 13.4. The van der Waals surface area contributed by atoms with Crippen molar-refractivity contribution in [1.29, 1.82) is 0 Å². The SMILES string of the molecule is CCCCOc1ccc(C2NNCC2C(=O)N2CCN(c3cc(Cl)ccc3C)CC2)cc1. The molecule has 0 aromatic heterocycles. The summed E-state index contributed by atoms with van der Waals surface area (Å²) in [5.74, 6) is 0.961. The van der Waals surface area contributed by atoms with Crippen LogP contribution in [0.4, 0.5) is 5.69 Å². The number of piperazine rings is 1. The third-order valence-electron chi connectivity index (χ3n) is 6.41. The van der Waals surface area contributed by atoms with E-state index in [-0.39, 0.29) is 17.9 Å². The summed E-state index contributed by atoms with van der Waals surface area (Å²) in [4.78, 5) is 17.7. The Labute approximate surface area is 195 Å². The lowest BCUT2D eigenvalue weighted by Gasteiger charge is -2.38. The van der Waals surface area contributed by atoms with Crippen molar-refractivity contribution in [2.24, 2.45) is 5.92 Å². The number of unbranched alkanes of at least 4 members (excludes halogenated alkanes) is 1. The maximum Gasteiger partial charge on any atom is 0.229 e. The zero-order chi connectivity index (χ0) is 22.5. The number of hydrogen-bond acceptors (Lipinski definition) is 5. The van der Waals surface area contributed by atoms with Crippen LogP contribution < -0.4 is 20.5 Å². The Morgan fingerprint density at radius 2 is 1.88 bits per heavy atom. The molecule has 0 radical (unpaired) electrons. The average Bonchev–Trinajstić information content (AvgIpc) is 3.31. The Bertz CT molecular complexity index is 913. The predicted molar refractivity (Wildman–Crippen MR) is 129 cm³/mol. The number of nitrogens with one attached hydrogen (secondary N) is 2. The lowest BCUT2D eigenvalue weighted by molar-refractivity contribution is -0.135. The van der Waals surface area contributed by atoms with E-state index in [0.717, 1.165) is 67.7 Å². The number of halogens is 1. The number of aryl methyl sites for hydroxylation is 1. The van der Waals surface area contributed by atoms with E-state index >= 15 is 0 Å². The van der Waals surface area contributed by atoms with Gasteiger partial charge < -0.3 is 14.5 Å². The van der Waals surface area contributed by atoms with Gasteiger partial charge in [-0.15, -0.1) is 0 Å². The van der Waals surface area contributed by atoms with Gasteiger partial charge in [-0.05, 0) is 48.7 Å². The number of amides is 1. The van der Waals surface area contributed by atoms with E-state index in [9.17, 15) is 4.79 Å². The highest BCUT2D eigenvalue weighted by molar-refractivity contribution is 6.30. The molecule has 32 heavy (non-hydrogen) atoms. The van der Waals surface area contributed by atoms with Crippen LogP contribution in [0.5, 0.6) is 5.75 Å². The molecule has 0 aliphatic carbocycles. The highest BCUT2D eigenvalue weighted by Crippen LogP contribution is 2.30. The summed E-state index contributed by atoms with van der Waals surface area (Å²) in [6, 6.07) is 14.1. The smallest absolute Gasteiger partial charge is 0.229 e. The Kier molecular flexibility index (Phi) is 7.55. The molecule has 2 saturated heterocycles. The van der Waals surface area contributed by atoms with E-state index < -0.39 is 0 Å². The van der Waals surface area contributed by atoms with Crippen molar-refractivity contribution in [2.75, 3.05) is 44.2 Å². The minimum absolute atomic E-state index is 0.0413. The van der Waals surface area contributed by atoms with E-state index in [0.29, 0.717) is 6.54 Å². The number of ether oxygens (including phenoxy) is 1. The van der Waals surface area contributed by atoms with E-state index in [2.05, 4.69) is 47.8 Å². The van der Waals surface area contributed by atoms with Gasteiger partial charge in [0.25, 0.3) is 0 Å². The van der Waals surface area contributed by atoms with Gasteiger partial charge in [-0.2, -0.15) is 0 Å². The fourth-order valence-corrected chi connectivity index (χ4v) is 4.64. The lowest BCUT2D eigenvalue weighted by atomic mass is 9.93. The first kappa shape index (κ1) is 22.9. The number of carbonyl (C=O) groups is 1. The van der Waals surface area contributed by atoms with Gasteiger partial charge in [-0.1, -0.05) is 43.1 Å². The van der Waals surface area contributed by atoms with Gasteiger partial charge in [0.15, 0.2) is 0 Å². The minimum atomic E-state index is -0.124. The van der Waals surface area contributed by atoms with E-state index in [1.54, 1.807) is 0 Å². The van der Waals surface area contributed by atoms with Crippen molar-refractivity contribution in [3.05, 3.63) is 58.6 Å². The van der Waals surface area contributed by atoms with Gasteiger partial charge in [-0.3, -0.25) is 10.2 Å². The molecule has 2 N–H and O–H groups in total. The highest BCUT2D eigenvalue weighted by Gasteiger charge is 2.37. The van der Waals surface area contributed by atoms with Crippen molar-refractivity contribution in [3.63, 3.8) is 0 Å². The maximum absolute atomic E-state index is 13.4. The lowest BCUT2D eigenvalue weighted by Crippen LogP contribution is -2.51. The Morgan fingerprint density at radius 1 is 1.12 bits per heavy atom. The van der Waals surface area contributed by atoms with Gasteiger partial charge in [-0.25, -0.2) is 5.43 Å². The van der Waals surface area contributed by atoms with Gasteiger partial charge in [0.05, 0.1) is 18.6 Å². The van der Waals surface area contributed by atoms with E-state index in [4.69, 9.17) is 16.3 Å². The fourth-order valence-electron chi connectivity index (χ4n) is 4.47. The standard InChI is InChI=1S/C25H33ClN4O2/c1-3-4-15-32-21-9-6-19(7-10-21)24-22(17-27-28-24)25(31)30-13-11-29(12-14-30)23-16-20(26)8-5-18(23)2/h5-10,16,22,24,27-28H,3-4,11-15,17H2,1-2H3. The molecular formula is C25H33ClN4O2. The molecule has 4 rings (SSSR count). The molecule has 2 unspecified atom stereocenters. The molecule has 1 amide bonds. The van der Waals surface area contributed by atoms with E-state index in [1.165, 1.54) is 5.56 Å². The molecular weight excluding hydrogens is 424 g/mol. The molecule has 6 nitrogen and oxygen atoms in total. The number of benzene rings is 2. The van der Waals surface area contributed by atoms with Crippen LogP contribution in [0.1, 0.15) is 36.9 Å². The number of rotatable bonds is 7. The molecule has 2 aliphatic rings. The molecule has 2 heterocycles. The molecule has 7 heteroatoms. The number of nitrogens with zero attached hydrogens (tertiary/aromatic N) is 2. The molecule has 2 fully saturated rings. The van der Waals surface area contributed by atoms with Crippen LogP contribution in [-0.4, -0.2) is 50.1 Å². The van der Waals surface area contributed by atoms with Crippen LogP contribution in [-0.2, 0) is 4.79 Å². The molecule has 2 aliphatic heterocycles. The van der Waals surface area contributed by atoms with Crippen molar-refractivity contribution < 1.29 is 9.53 Å². The van der Waals surface area contributed by atoms with Crippen LogP contribution in [0.25, 0.3) is 0 Å². The second-order valence-corrected chi connectivity index (χ2v) is 9.06. The summed E-state index contributed by atoms with van der Waals surface area (Å²) in [6.07, 6.45) is 2.17. The van der Waals surface area contributed by atoms with Crippen LogP contribution in [0.2, 0.25) is 5.02 Å². The van der Waals surface area contributed by atoms with Crippen molar-refractivity contribution >= 4 is 23.2 Å². The van der Waals surface area contributed by atoms with Gasteiger partial charge >= 0.3 is 0 Å². The van der Waals surface area contributed by atoms with Crippen molar-refractivity contribution in [1.82, 2.24) is 15.8 Å². The highest BCUT2D eigenvalue weighted by atomic mass is 35.5. The average molecular weight is 457 g/mol. The molecule has 2 aromatic carbocycles. The summed E-state index contributed by atoms with van der Waals surface area (Å²) in [7, 11) is 0. The number of anilines is 1. The molecule has 2 atom stereocenters. The second kappa shape index (κ2) is 10.6. The monoisotopic (exact) mass is 456 g/mol. The largest absolute Gasteiger partial charge is 0.494 e. The Morgan fingerprint density at radius 3 is 2.59 bits per heavy atom. The molecule has 172 valence electrons.